The van der Waals surface area contributed by atoms with Crippen LogP contribution in [0.1, 0.15) is 32.3 Å². The van der Waals surface area contributed by atoms with Gasteiger partial charge in [-0.25, -0.2) is 8.42 Å². The molecule has 0 spiro atoms. The van der Waals surface area contributed by atoms with Crippen LogP contribution in [0.15, 0.2) is 41.4 Å². The highest BCUT2D eigenvalue weighted by Crippen LogP contribution is 2.36. The largest absolute Gasteiger partial charge is 0.488 e. The zero-order valence-electron chi connectivity index (χ0n) is 17.8. The van der Waals surface area contributed by atoms with E-state index in [9.17, 15) is 13.5 Å². The average molecular weight is 431 g/mol. The molecule has 4 rings (SSSR count). The molecule has 2 aliphatic heterocycles. The number of aliphatic hydroxyl groups is 1. The van der Waals surface area contributed by atoms with Gasteiger partial charge in [0.25, 0.3) is 0 Å². The molecule has 0 amide bonds. The molecule has 1 aromatic heterocycles. The fourth-order valence-corrected chi connectivity index (χ4v) is 5.13. The van der Waals surface area contributed by atoms with E-state index in [0.717, 1.165) is 54.9 Å². The maximum atomic E-state index is 11.7. The molecule has 1 atom stereocenters. The fraction of sp³-hybridized carbons (Fsp3) is 0.522. The first-order valence-electron chi connectivity index (χ1n) is 10.5. The Hall–Kier alpha value is -1.96. The minimum absolute atomic E-state index is 0.175. The molecule has 1 fully saturated rings. The van der Waals surface area contributed by atoms with Crippen molar-refractivity contribution in [2.24, 2.45) is 5.92 Å². The molecule has 1 N–H and O–H groups in total. The predicted molar refractivity (Wildman–Crippen MR) is 116 cm³/mol. The lowest BCUT2D eigenvalue weighted by Gasteiger charge is -2.36. The highest BCUT2D eigenvalue weighted by atomic mass is 32.2. The van der Waals surface area contributed by atoms with Crippen LogP contribution in [-0.2, 0) is 16.3 Å². The van der Waals surface area contributed by atoms with Crippen molar-refractivity contribution in [1.82, 2.24) is 9.88 Å². The predicted octanol–water partition coefficient (Wildman–Crippen LogP) is 2.94. The number of likely N-dealkylation sites (tertiary alicyclic amines) is 1. The van der Waals surface area contributed by atoms with E-state index in [-0.39, 0.29) is 6.10 Å². The second kappa shape index (κ2) is 7.94. The van der Waals surface area contributed by atoms with Crippen LogP contribution in [0.3, 0.4) is 0 Å². The molecule has 0 aliphatic carbocycles. The summed E-state index contributed by atoms with van der Waals surface area (Å²) in [5.41, 5.74) is 2.23. The lowest BCUT2D eigenvalue weighted by atomic mass is 9.88. The summed E-state index contributed by atoms with van der Waals surface area (Å²) in [6.07, 6.45) is 6.20. The second-order valence-electron chi connectivity index (χ2n) is 9.26. The Kier molecular flexibility index (Phi) is 5.64. The SMILES string of the molecule is CC(C)(O)CN1CCC([C@H]2Cc3cc(-c4ccc(S(C)(=O)=O)cc4)ncc3O2)CC1. The van der Waals surface area contributed by atoms with Gasteiger partial charge in [-0.05, 0) is 63.9 Å². The van der Waals surface area contributed by atoms with Crippen molar-refractivity contribution in [3.05, 3.63) is 42.1 Å². The molecule has 2 aliphatic rings. The summed E-state index contributed by atoms with van der Waals surface area (Å²) >= 11 is 0. The van der Waals surface area contributed by atoms with E-state index in [0.29, 0.717) is 17.4 Å². The molecule has 0 radical (unpaired) electrons. The molecule has 0 bridgehead atoms. The van der Waals surface area contributed by atoms with Gasteiger partial charge >= 0.3 is 0 Å². The van der Waals surface area contributed by atoms with Crippen LogP contribution in [0.25, 0.3) is 11.3 Å². The Morgan fingerprint density at radius 1 is 1.20 bits per heavy atom. The Labute approximate surface area is 178 Å². The Morgan fingerprint density at radius 3 is 2.47 bits per heavy atom. The topological polar surface area (TPSA) is 79.7 Å². The number of pyridine rings is 1. The third kappa shape index (κ3) is 4.85. The molecule has 1 saturated heterocycles. The van der Waals surface area contributed by atoms with Crippen molar-refractivity contribution < 1.29 is 18.3 Å². The van der Waals surface area contributed by atoms with Gasteiger partial charge in [-0.15, -0.1) is 0 Å². The zero-order valence-corrected chi connectivity index (χ0v) is 18.7. The molecule has 6 nitrogen and oxygen atoms in total. The van der Waals surface area contributed by atoms with Crippen LogP contribution >= 0.6 is 0 Å². The third-order valence-electron chi connectivity index (χ3n) is 5.99. The van der Waals surface area contributed by atoms with Crippen LogP contribution in [0, 0.1) is 5.92 Å². The van der Waals surface area contributed by atoms with E-state index < -0.39 is 15.4 Å². The summed E-state index contributed by atoms with van der Waals surface area (Å²) in [6, 6.07) is 8.92. The maximum absolute atomic E-state index is 11.7. The van der Waals surface area contributed by atoms with Gasteiger partial charge in [-0.2, -0.15) is 0 Å². The van der Waals surface area contributed by atoms with E-state index in [2.05, 4.69) is 16.0 Å². The van der Waals surface area contributed by atoms with E-state index in [1.165, 1.54) is 6.26 Å². The normalized spacial score (nSPS) is 20.7. The molecule has 1 aromatic carbocycles. The summed E-state index contributed by atoms with van der Waals surface area (Å²) in [5, 5.41) is 10.0. The number of sulfone groups is 1. The molecule has 30 heavy (non-hydrogen) atoms. The van der Waals surface area contributed by atoms with E-state index >= 15 is 0 Å². The minimum atomic E-state index is -3.20. The van der Waals surface area contributed by atoms with E-state index in [1.807, 2.05) is 13.8 Å². The molecule has 3 heterocycles. The van der Waals surface area contributed by atoms with Crippen molar-refractivity contribution in [1.29, 1.82) is 0 Å². The number of fused-ring (bicyclic) bond motifs is 1. The summed E-state index contributed by atoms with van der Waals surface area (Å²) in [5.74, 6) is 1.36. The van der Waals surface area contributed by atoms with Crippen molar-refractivity contribution >= 4 is 9.84 Å². The van der Waals surface area contributed by atoms with Gasteiger partial charge in [0.2, 0.25) is 0 Å². The zero-order chi connectivity index (χ0) is 21.5. The average Bonchev–Trinajstić information content (AvgIpc) is 3.10. The number of ether oxygens (including phenoxy) is 1. The molecule has 7 heteroatoms. The van der Waals surface area contributed by atoms with Crippen LogP contribution in [0.2, 0.25) is 0 Å². The Bertz CT molecular complexity index is 1000. The minimum Gasteiger partial charge on any atom is -0.488 e. The first-order chi connectivity index (χ1) is 14.1. The molecule has 2 aromatic rings. The summed E-state index contributed by atoms with van der Waals surface area (Å²) in [6.45, 7) is 6.39. The highest BCUT2D eigenvalue weighted by molar-refractivity contribution is 7.90. The Balaban J connectivity index is 1.41. The maximum Gasteiger partial charge on any atom is 0.175 e. The van der Waals surface area contributed by atoms with Crippen LogP contribution in [0.4, 0.5) is 0 Å². The quantitative estimate of drug-likeness (QED) is 0.786. The number of rotatable bonds is 5. The second-order valence-corrected chi connectivity index (χ2v) is 11.3. The standard InChI is InChI=1S/C23H30N2O4S/c1-23(2,26)15-25-10-8-17(9-11-25)21-13-18-12-20(24-14-22(18)29-21)16-4-6-19(7-5-16)30(3,27)28/h4-7,12,14,17,21,26H,8-11,13,15H2,1-3H3/t21-/m1/s1. The monoisotopic (exact) mass is 430 g/mol. The molecular formula is C23H30N2O4S. The number of β-amino-alcohol motifs (C(OH)–C–C–N with tert-alkyl or cyclic N) is 1. The van der Waals surface area contributed by atoms with E-state index in [1.54, 1.807) is 30.5 Å². The van der Waals surface area contributed by atoms with Crippen molar-refractivity contribution in [3.63, 3.8) is 0 Å². The first kappa shape index (κ1) is 21.3. The van der Waals surface area contributed by atoms with Gasteiger partial charge in [0, 0.05) is 30.3 Å². The van der Waals surface area contributed by atoms with Gasteiger partial charge in [0.1, 0.15) is 11.9 Å². The number of benzene rings is 1. The Morgan fingerprint density at radius 2 is 1.87 bits per heavy atom. The fourth-order valence-electron chi connectivity index (χ4n) is 4.50. The van der Waals surface area contributed by atoms with Crippen LogP contribution in [-0.4, -0.2) is 61.0 Å². The third-order valence-corrected chi connectivity index (χ3v) is 7.12. The van der Waals surface area contributed by atoms with Gasteiger partial charge < -0.3 is 14.7 Å². The first-order valence-corrected chi connectivity index (χ1v) is 12.4. The van der Waals surface area contributed by atoms with Gasteiger partial charge in [0.05, 0.1) is 22.4 Å². The molecule has 162 valence electrons. The number of hydrogen-bond donors (Lipinski definition) is 1. The number of aromatic nitrogens is 1. The molecule has 0 saturated carbocycles. The van der Waals surface area contributed by atoms with Gasteiger partial charge in [-0.1, -0.05) is 12.1 Å². The lowest BCUT2D eigenvalue weighted by molar-refractivity contribution is 0.0143. The van der Waals surface area contributed by atoms with Crippen LogP contribution in [0.5, 0.6) is 5.75 Å². The summed E-state index contributed by atoms with van der Waals surface area (Å²) in [7, 11) is -3.20. The molecule has 0 unspecified atom stereocenters. The van der Waals surface area contributed by atoms with E-state index in [4.69, 9.17) is 4.74 Å². The smallest absolute Gasteiger partial charge is 0.175 e. The summed E-state index contributed by atoms with van der Waals surface area (Å²) in [4.78, 5) is 7.18. The van der Waals surface area contributed by atoms with Crippen LogP contribution < -0.4 is 4.74 Å². The van der Waals surface area contributed by atoms with Crippen molar-refractivity contribution in [3.8, 4) is 17.0 Å². The number of nitrogens with zero attached hydrogens (tertiary/aromatic N) is 2. The van der Waals surface area contributed by atoms with Gasteiger partial charge in [-0.3, -0.25) is 4.98 Å². The number of hydrogen-bond acceptors (Lipinski definition) is 6. The highest BCUT2D eigenvalue weighted by Gasteiger charge is 2.34. The lowest BCUT2D eigenvalue weighted by Crippen LogP contribution is -2.45. The number of piperidine rings is 1. The van der Waals surface area contributed by atoms with Gasteiger partial charge in [0.15, 0.2) is 9.84 Å². The summed E-state index contributed by atoms with van der Waals surface area (Å²) < 4.78 is 29.6. The molecular weight excluding hydrogens is 400 g/mol. The van der Waals surface area contributed by atoms with Crippen molar-refractivity contribution in [2.75, 3.05) is 25.9 Å². The van der Waals surface area contributed by atoms with Crippen molar-refractivity contribution in [2.45, 2.75) is 49.7 Å².